The van der Waals surface area contributed by atoms with Crippen molar-refractivity contribution in [3.63, 3.8) is 0 Å². The van der Waals surface area contributed by atoms with Crippen molar-refractivity contribution in [3.05, 3.63) is 70.9 Å². The normalized spacial score (nSPS) is 14.5. The van der Waals surface area contributed by atoms with Gasteiger partial charge < -0.3 is 15.4 Å². The van der Waals surface area contributed by atoms with Gasteiger partial charge in [0.25, 0.3) is 5.91 Å². The molecule has 0 aromatic carbocycles. The van der Waals surface area contributed by atoms with E-state index < -0.39 is 23.3 Å². The molecule has 160 valence electrons. The first-order valence-corrected chi connectivity index (χ1v) is 9.86. The number of hydrogen-bond donors (Lipinski definition) is 2. The third-order valence-corrected chi connectivity index (χ3v) is 5.39. The summed E-state index contributed by atoms with van der Waals surface area (Å²) < 4.78 is 32.0. The van der Waals surface area contributed by atoms with E-state index in [2.05, 4.69) is 25.6 Å². The monoisotopic (exact) mass is 445 g/mol. The molecule has 4 rings (SSSR count). The van der Waals surface area contributed by atoms with Gasteiger partial charge in [-0.1, -0.05) is 17.7 Å². The van der Waals surface area contributed by atoms with Gasteiger partial charge in [0, 0.05) is 24.0 Å². The largest absolute Gasteiger partial charge is 0.494 e. The molecule has 1 aliphatic carbocycles. The number of methoxy groups -OCH3 is 1. The van der Waals surface area contributed by atoms with Crippen LogP contribution in [0.4, 0.5) is 20.3 Å². The smallest absolute Gasteiger partial charge is 0.274 e. The number of carbonyl (C=O) groups excluding carboxylic acids is 1. The van der Waals surface area contributed by atoms with Crippen LogP contribution in [0.3, 0.4) is 0 Å². The van der Waals surface area contributed by atoms with Gasteiger partial charge in [-0.05, 0) is 43.0 Å². The summed E-state index contributed by atoms with van der Waals surface area (Å²) in [5.74, 6) is -1.91. The summed E-state index contributed by atoms with van der Waals surface area (Å²) in [5.41, 5.74) is 0.433. The van der Waals surface area contributed by atoms with Crippen LogP contribution in [0.15, 0.2) is 42.6 Å². The van der Waals surface area contributed by atoms with Gasteiger partial charge in [-0.2, -0.15) is 13.8 Å². The van der Waals surface area contributed by atoms with Gasteiger partial charge in [-0.15, -0.1) is 0 Å². The highest BCUT2D eigenvalue weighted by Crippen LogP contribution is 2.41. The lowest BCUT2D eigenvalue weighted by Gasteiger charge is -2.42. The Morgan fingerprint density at radius 1 is 1.13 bits per heavy atom. The quantitative estimate of drug-likeness (QED) is 0.548. The molecule has 0 unspecified atom stereocenters. The fraction of sp³-hybridized carbons (Fsp3) is 0.238. The van der Waals surface area contributed by atoms with Gasteiger partial charge in [0.05, 0.1) is 12.6 Å². The summed E-state index contributed by atoms with van der Waals surface area (Å²) in [6.45, 7) is 0. The molecule has 31 heavy (non-hydrogen) atoms. The molecule has 0 spiro atoms. The summed E-state index contributed by atoms with van der Waals surface area (Å²) in [5, 5.41) is 6.18. The van der Waals surface area contributed by atoms with Crippen molar-refractivity contribution in [3.8, 4) is 5.75 Å². The first kappa shape index (κ1) is 20.9. The first-order chi connectivity index (χ1) is 14.9. The van der Waals surface area contributed by atoms with Crippen molar-refractivity contribution >= 4 is 29.0 Å². The Bertz CT molecular complexity index is 1100. The molecule has 0 saturated heterocycles. The maximum Gasteiger partial charge on any atom is 0.274 e. The highest BCUT2D eigenvalue weighted by Gasteiger charge is 2.41. The van der Waals surface area contributed by atoms with E-state index in [9.17, 15) is 13.6 Å². The molecule has 3 aromatic heterocycles. The summed E-state index contributed by atoms with van der Waals surface area (Å²) in [7, 11) is 1.43. The Hall–Kier alpha value is -3.33. The molecular weight excluding hydrogens is 428 g/mol. The molecule has 0 aliphatic heterocycles. The minimum Gasteiger partial charge on any atom is -0.494 e. The number of pyridine rings is 3. The summed E-state index contributed by atoms with van der Waals surface area (Å²) in [6.07, 6.45) is 4.10. The average Bonchev–Trinajstić information content (AvgIpc) is 2.70. The van der Waals surface area contributed by atoms with Crippen LogP contribution < -0.4 is 15.4 Å². The van der Waals surface area contributed by atoms with E-state index in [1.54, 1.807) is 18.3 Å². The number of halogens is 3. The van der Waals surface area contributed by atoms with Crippen molar-refractivity contribution in [2.24, 2.45) is 0 Å². The topological polar surface area (TPSA) is 89.0 Å². The fourth-order valence-corrected chi connectivity index (χ4v) is 3.59. The first-order valence-electron chi connectivity index (χ1n) is 9.48. The Balaban J connectivity index is 1.60. The number of anilines is 2. The summed E-state index contributed by atoms with van der Waals surface area (Å²) in [6, 6.07) is 8.64. The highest BCUT2D eigenvalue weighted by molar-refractivity contribution is 6.29. The van der Waals surface area contributed by atoms with E-state index in [1.165, 1.54) is 13.2 Å². The maximum absolute atomic E-state index is 13.4. The number of nitrogens with one attached hydrogen (secondary N) is 2. The third-order valence-electron chi connectivity index (χ3n) is 5.17. The van der Waals surface area contributed by atoms with Crippen molar-refractivity contribution < 1.29 is 18.3 Å². The lowest BCUT2D eigenvalue weighted by molar-refractivity contribution is 0.0814. The molecular formula is C21H18ClF2N5O2. The van der Waals surface area contributed by atoms with Crippen molar-refractivity contribution in [2.75, 3.05) is 12.4 Å². The van der Waals surface area contributed by atoms with Crippen LogP contribution in [0, 0.1) is 11.9 Å². The number of rotatable bonds is 6. The molecule has 0 bridgehead atoms. The minimum absolute atomic E-state index is 0.0377. The SMILES string of the molecule is COc1ccc(Nc2cc(F)nc(F)c2)nc1C(=O)NC1(c2ccc(Cl)nc2)CCC1. The van der Waals surface area contributed by atoms with Gasteiger partial charge in [0.2, 0.25) is 11.9 Å². The van der Waals surface area contributed by atoms with Crippen molar-refractivity contribution in [1.82, 2.24) is 20.3 Å². The van der Waals surface area contributed by atoms with Crippen LogP contribution >= 0.6 is 11.6 Å². The molecule has 1 amide bonds. The second-order valence-corrected chi connectivity index (χ2v) is 7.52. The average molecular weight is 446 g/mol. The second-order valence-electron chi connectivity index (χ2n) is 7.13. The number of hydrogen-bond acceptors (Lipinski definition) is 6. The molecule has 0 radical (unpaired) electrons. The van der Waals surface area contributed by atoms with E-state index >= 15 is 0 Å². The standard InChI is InChI=1S/C21H18ClF2N5O2/c1-31-14-4-6-18(26-13-9-16(23)27-17(24)10-13)28-19(14)20(30)29-21(7-2-8-21)12-3-5-15(22)25-11-12/h3-6,9-11H,2,7-8H2,1H3,(H,29,30)(H,26,27,28). The predicted molar refractivity (Wildman–Crippen MR) is 110 cm³/mol. The molecule has 2 N–H and O–H groups in total. The van der Waals surface area contributed by atoms with E-state index in [0.717, 1.165) is 37.0 Å². The van der Waals surface area contributed by atoms with Crippen LogP contribution in [0.1, 0.15) is 35.3 Å². The Morgan fingerprint density at radius 3 is 2.45 bits per heavy atom. The number of carbonyl (C=O) groups is 1. The maximum atomic E-state index is 13.4. The number of ether oxygens (including phenoxy) is 1. The summed E-state index contributed by atoms with van der Waals surface area (Å²) in [4.78, 5) is 24.6. The lowest BCUT2D eigenvalue weighted by atomic mass is 9.72. The molecule has 7 nitrogen and oxygen atoms in total. The van der Waals surface area contributed by atoms with E-state index in [4.69, 9.17) is 16.3 Å². The molecule has 3 aromatic rings. The number of amides is 1. The third kappa shape index (κ3) is 4.41. The lowest BCUT2D eigenvalue weighted by Crippen LogP contribution is -2.51. The Labute approximate surface area is 181 Å². The van der Waals surface area contributed by atoms with Crippen molar-refractivity contribution in [1.29, 1.82) is 0 Å². The van der Waals surface area contributed by atoms with Crippen LogP contribution in [0.5, 0.6) is 5.75 Å². The molecule has 1 aliphatic rings. The molecule has 1 fully saturated rings. The van der Waals surface area contributed by atoms with E-state index in [0.29, 0.717) is 5.15 Å². The molecule has 3 heterocycles. The van der Waals surface area contributed by atoms with Crippen molar-refractivity contribution in [2.45, 2.75) is 24.8 Å². The zero-order valence-corrected chi connectivity index (χ0v) is 17.2. The predicted octanol–water partition coefficient (Wildman–Crippen LogP) is 4.36. The molecule has 10 heteroatoms. The van der Waals surface area contributed by atoms with Crippen LogP contribution in [0.2, 0.25) is 5.15 Å². The minimum atomic E-state index is -0.975. The van der Waals surface area contributed by atoms with Gasteiger partial charge in [-0.25, -0.2) is 9.97 Å². The zero-order chi connectivity index (χ0) is 22.0. The van der Waals surface area contributed by atoms with Crippen LogP contribution in [-0.4, -0.2) is 28.0 Å². The zero-order valence-electron chi connectivity index (χ0n) is 16.5. The van der Waals surface area contributed by atoms with Gasteiger partial charge in [0.1, 0.15) is 16.7 Å². The summed E-state index contributed by atoms with van der Waals surface area (Å²) >= 11 is 5.88. The van der Waals surface area contributed by atoms with Crippen LogP contribution in [0.25, 0.3) is 0 Å². The van der Waals surface area contributed by atoms with E-state index in [1.807, 2.05) is 6.07 Å². The van der Waals surface area contributed by atoms with Gasteiger partial charge in [0.15, 0.2) is 5.69 Å². The Kier molecular flexibility index (Phi) is 5.69. The fourth-order valence-electron chi connectivity index (χ4n) is 3.48. The van der Waals surface area contributed by atoms with E-state index in [-0.39, 0.29) is 22.9 Å². The van der Waals surface area contributed by atoms with Gasteiger partial charge >= 0.3 is 0 Å². The van der Waals surface area contributed by atoms with Gasteiger partial charge in [-0.3, -0.25) is 4.79 Å². The second kappa shape index (κ2) is 8.43. The van der Waals surface area contributed by atoms with Crippen LogP contribution in [-0.2, 0) is 5.54 Å². The number of aromatic nitrogens is 3. The molecule has 0 atom stereocenters. The number of nitrogens with zero attached hydrogens (tertiary/aromatic N) is 3. The Morgan fingerprint density at radius 2 is 1.87 bits per heavy atom. The highest BCUT2D eigenvalue weighted by atomic mass is 35.5. The molecule has 1 saturated carbocycles.